The van der Waals surface area contributed by atoms with E-state index in [1.807, 2.05) is 6.92 Å². The molecule has 5 nitrogen and oxygen atoms in total. The van der Waals surface area contributed by atoms with Gasteiger partial charge in [-0.25, -0.2) is 0 Å². The maximum Gasteiger partial charge on any atom is 0.188 e. The van der Waals surface area contributed by atoms with Crippen LogP contribution in [-0.4, -0.2) is 55.8 Å². The highest BCUT2D eigenvalue weighted by Gasteiger charge is 2.27. The second kappa shape index (κ2) is 7.70. The third kappa shape index (κ3) is 5.78. The number of likely N-dealkylation sites (tertiary alicyclic amines) is 1. The van der Waals surface area contributed by atoms with Gasteiger partial charge in [-0.3, -0.25) is 9.89 Å². The molecule has 0 amide bonds. The molecule has 0 aliphatic carbocycles. The minimum Gasteiger partial charge on any atom is -0.383 e. The summed E-state index contributed by atoms with van der Waals surface area (Å²) >= 11 is 0. The summed E-state index contributed by atoms with van der Waals surface area (Å²) in [7, 11) is 1.69. The zero-order valence-electron chi connectivity index (χ0n) is 12.9. The van der Waals surface area contributed by atoms with Crippen molar-refractivity contribution in [2.24, 2.45) is 10.7 Å². The maximum absolute atomic E-state index is 5.91. The first-order chi connectivity index (χ1) is 8.95. The Hall–Kier alpha value is -0.810. The van der Waals surface area contributed by atoms with E-state index in [1.165, 1.54) is 32.4 Å². The van der Waals surface area contributed by atoms with Gasteiger partial charge in [0.2, 0.25) is 0 Å². The van der Waals surface area contributed by atoms with Gasteiger partial charge in [-0.15, -0.1) is 0 Å². The lowest BCUT2D eigenvalue weighted by molar-refractivity contribution is 0.102. The number of nitrogens with one attached hydrogen (secondary N) is 1. The average molecular weight is 270 g/mol. The fraction of sp³-hybridized carbons (Fsp3) is 0.929. The predicted molar refractivity (Wildman–Crippen MR) is 80.5 cm³/mol. The van der Waals surface area contributed by atoms with Gasteiger partial charge in [-0.2, -0.15) is 0 Å². The number of aliphatic imine (C=N–C) groups is 1. The summed E-state index contributed by atoms with van der Waals surface area (Å²) in [6, 6.07) is 0.187. The minimum absolute atomic E-state index is 0.0806. The van der Waals surface area contributed by atoms with Gasteiger partial charge in [0.25, 0.3) is 0 Å². The summed E-state index contributed by atoms with van der Waals surface area (Å²) in [5.41, 5.74) is 5.99. The highest BCUT2D eigenvalue weighted by atomic mass is 16.5. The van der Waals surface area contributed by atoms with Crippen molar-refractivity contribution in [1.82, 2.24) is 10.2 Å². The first-order valence-electron chi connectivity index (χ1n) is 7.26. The molecule has 1 aliphatic rings. The van der Waals surface area contributed by atoms with Crippen LogP contribution in [-0.2, 0) is 4.74 Å². The number of guanidine groups is 1. The zero-order valence-corrected chi connectivity index (χ0v) is 12.9. The number of nitrogens with zero attached hydrogens (tertiary/aromatic N) is 2. The normalized spacial score (nSPS) is 20.3. The van der Waals surface area contributed by atoms with E-state index < -0.39 is 0 Å². The third-order valence-corrected chi connectivity index (χ3v) is 3.66. The molecule has 1 fully saturated rings. The Bertz CT molecular complexity index is 285. The number of ether oxygens (including phenoxy) is 1. The van der Waals surface area contributed by atoms with Crippen molar-refractivity contribution < 1.29 is 4.74 Å². The van der Waals surface area contributed by atoms with Crippen LogP contribution < -0.4 is 11.1 Å². The Labute approximate surface area is 117 Å². The van der Waals surface area contributed by atoms with Gasteiger partial charge in [0.15, 0.2) is 5.96 Å². The molecule has 3 N–H and O–H groups in total. The Morgan fingerprint density at radius 2 is 2.00 bits per heavy atom. The molecule has 1 atom stereocenters. The zero-order chi connectivity index (χ0) is 14.3. The van der Waals surface area contributed by atoms with Crippen LogP contribution in [0.4, 0.5) is 0 Å². The minimum atomic E-state index is 0.0806. The Kier molecular flexibility index (Phi) is 6.58. The van der Waals surface area contributed by atoms with Gasteiger partial charge in [0.05, 0.1) is 13.2 Å². The lowest BCUT2D eigenvalue weighted by Gasteiger charge is -2.40. The van der Waals surface area contributed by atoms with E-state index in [4.69, 9.17) is 10.5 Å². The SMILES string of the molecule is COCC(C)NC(N)=NCC(C)(C)N1CCCCC1. The number of methoxy groups -OCH3 is 1. The average Bonchev–Trinajstić information content (AvgIpc) is 2.38. The summed E-state index contributed by atoms with van der Waals surface area (Å²) in [5, 5.41) is 3.14. The standard InChI is InChI=1S/C14H30N4O/c1-12(10-19-4)17-13(15)16-11-14(2,3)18-8-6-5-7-9-18/h12H,5-11H2,1-4H3,(H3,15,16,17). The lowest BCUT2D eigenvalue weighted by atomic mass is 9.99. The van der Waals surface area contributed by atoms with Gasteiger partial charge in [0, 0.05) is 18.7 Å². The predicted octanol–water partition coefficient (Wildman–Crippen LogP) is 1.19. The van der Waals surface area contributed by atoms with Crippen molar-refractivity contribution in [1.29, 1.82) is 0 Å². The van der Waals surface area contributed by atoms with Gasteiger partial charge >= 0.3 is 0 Å². The molecule has 0 aromatic rings. The summed E-state index contributed by atoms with van der Waals surface area (Å²) < 4.78 is 5.06. The van der Waals surface area contributed by atoms with E-state index in [1.54, 1.807) is 7.11 Å². The molecule has 0 saturated carbocycles. The van der Waals surface area contributed by atoms with E-state index in [-0.39, 0.29) is 11.6 Å². The first kappa shape index (κ1) is 16.2. The van der Waals surface area contributed by atoms with Crippen LogP contribution in [0, 0.1) is 0 Å². The van der Waals surface area contributed by atoms with E-state index in [2.05, 4.69) is 29.1 Å². The molecular formula is C14H30N4O. The molecule has 0 aromatic heterocycles. The maximum atomic E-state index is 5.91. The van der Waals surface area contributed by atoms with Crippen LogP contribution in [0.3, 0.4) is 0 Å². The van der Waals surface area contributed by atoms with E-state index in [9.17, 15) is 0 Å². The molecule has 19 heavy (non-hydrogen) atoms. The van der Waals surface area contributed by atoms with Crippen LogP contribution in [0.15, 0.2) is 4.99 Å². The smallest absolute Gasteiger partial charge is 0.188 e. The highest BCUT2D eigenvalue weighted by molar-refractivity contribution is 5.78. The number of hydrogen-bond donors (Lipinski definition) is 2. The fourth-order valence-electron chi connectivity index (χ4n) is 2.47. The third-order valence-electron chi connectivity index (χ3n) is 3.66. The molecule has 1 saturated heterocycles. The number of hydrogen-bond acceptors (Lipinski definition) is 3. The molecule has 0 bridgehead atoms. The topological polar surface area (TPSA) is 62.9 Å². The van der Waals surface area contributed by atoms with Crippen LogP contribution in [0.1, 0.15) is 40.0 Å². The van der Waals surface area contributed by atoms with Crippen molar-refractivity contribution in [3.05, 3.63) is 0 Å². The van der Waals surface area contributed by atoms with Crippen molar-refractivity contribution in [2.45, 2.75) is 51.6 Å². The fourth-order valence-corrected chi connectivity index (χ4v) is 2.47. The van der Waals surface area contributed by atoms with Crippen molar-refractivity contribution in [3.63, 3.8) is 0 Å². The van der Waals surface area contributed by atoms with Crippen LogP contribution in [0.5, 0.6) is 0 Å². The molecular weight excluding hydrogens is 240 g/mol. The second-order valence-corrected chi connectivity index (χ2v) is 6.06. The van der Waals surface area contributed by atoms with Crippen molar-refractivity contribution >= 4 is 5.96 Å². The Balaban J connectivity index is 2.43. The molecule has 1 rings (SSSR count). The van der Waals surface area contributed by atoms with E-state index >= 15 is 0 Å². The molecule has 1 aliphatic heterocycles. The summed E-state index contributed by atoms with van der Waals surface area (Å²) in [5.74, 6) is 0.509. The van der Waals surface area contributed by atoms with Gasteiger partial charge in [-0.1, -0.05) is 6.42 Å². The summed E-state index contributed by atoms with van der Waals surface area (Å²) in [4.78, 5) is 7.00. The van der Waals surface area contributed by atoms with Crippen molar-refractivity contribution in [3.8, 4) is 0 Å². The number of rotatable bonds is 6. The molecule has 112 valence electrons. The lowest BCUT2D eigenvalue weighted by Crippen LogP contribution is -2.49. The molecule has 1 unspecified atom stereocenters. The second-order valence-electron chi connectivity index (χ2n) is 6.06. The monoisotopic (exact) mass is 270 g/mol. The molecule has 0 radical (unpaired) electrons. The van der Waals surface area contributed by atoms with Crippen LogP contribution in [0.2, 0.25) is 0 Å². The molecule has 1 heterocycles. The van der Waals surface area contributed by atoms with Crippen LogP contribution in [0.25, 0.3) is 0 Å². The Morgan fingerprint density at radius 1 is 1.37 bits per heavy atom. The van der Waals surface area contributed by atoms with Gasteiger partial charge in [0.1, 0.15) is 0 Å². The largest absolute Gasteiger partial charge is 0.383 e. The molecule has 5 heteroatoms. The van der Waals surface area contributed by atoms with E-state index in [0.29, 0.717) is 12.6 Å². The van der Waals surface area contributed by atoms with Crippen LogP contribution >= 0.6 is 0 Å². The van der Waals surface area contributed by atoms with E-state index in [0.717, 1.165) is 6.54 Å². The highest BCUT2D eigenvalue weighted by Crippen LogP contribution is 2.20. The summed E-state index contributed by atoms with van der Waals surface area (Å²) in [6.07, 6.45) is 3.95. The molecule has 0 aromatic carbocycles. The number of nitrogens with two attached hydrogens (primary N) is 1. The van der Waals surface area contributed by atoms with Crippen molar-refractivity contribution in [2.75, 3.05) is 33.4 Å². The summed E-state index contributed by atoms with van der Waals surface area (Å²) in [6.45, 7) is 10.2. The molecule has 0 spiro atoms. The quantitative estimate of drug-likeness (QED) is 0.562. The van der Waals surface area contributed by atoms with Gasteiger partial charge < -0.3 is 15.8 Å². The number of piperidine rings is 1. The first-order valence-corrected chi connectivity index (χ1v) is 7.26. The Morgan fingerprint density at radius 3 is 2.58 bits per heavy atom. The van der Waals surface area contributed by atoms with Gasteiger partial charge in [-0.05, 0) is 46.7 Å².